The van der Waals surface area contributed by atoms with Crippen LogP contribution in [0.3, 0.4) is 0 Å². The van der Waals surface area contributed by atoms with Gasteiger partial charge in [0, 0.05) is 0 Å². The van der Waals surface area contributed by atoms with Crippen LogP contribution in [0, 0.1) is 0 Å². The molecule has 72 valence electrons. The monoisotopic (exact) mass is 188 g/mol. The van der Waals surface area contributed by atoms with Crippen molar-refractivity contribution in [1.29, 1.82) is 0 Å². The molecule has 0 radical (unpaired) electrons. The lowest BCUT2D eigenvalue weighted by Crippen LogP contribution is -1.94. The molecule has 0 saturated heterocycles. The Morgan fingerprint density at radius 1 is 1.21 bits per heavy atom. The van der Waals surface area contributed by atoms with Crippen molar-refractivity contribution in [2.24, 2.45) is 0 Å². The lowest BCUT2D eigenvalue weighted by molar-refractivity contribution is -0.132. The zero-order valence-electron chi connectivity index (χ0n) is 8.24. The number of carboxylic acid groups (broad SMARTS) is 1. The van der Waals surface area contributed by atoms with Crippen LogP contribution in [-0.4, -0.2) is 11.1 Å². The summed E-state index contributed by atoms with van der Waals surface area (Å²) in [7, 11) is 0. The molecular weight excluding hydrogens is 176 g/mol. The van der Waals surface area contributed by atoms with Gasteiger partial charge in [-0.25, -0.2) is 4.79 Å². The molecule has 0 heterocycles. The van der Waals surface area contributed by atoms with Crippen LogP contribution in [0.1, 0.15) is 19.4 Å². The van der Waals surface area contributed by atoms with Gasteiger partial charge in [0.25, 0.3) is 0 Å². The quantitative estimate of drug-likeness (QED) is 0.572. The Morgan fingerprint density at radius 3 is 2.29 bits per heavy atom. The fourth-order valence-corrected chi connectivity index (χ4v) is 1.10. The predicted molar refractivity (Wildman–Crippen MR) is 55.9 cm³/mol. The molecule has 0 aliphatic heterocycles. The second-order valence-corrected chi connectivity index (χ2v) is 3.05. The molecule has 2 heteroatoms. The van der Waals surface area contributed by atoms with Gasteiger partial charge < -0.3 is 5.11 Å². The van der Waals surface area contributed by atoms with Crippen molar-refractivity contribution in [2.45, 2.75) is 13.8 Å². The number of aliphatic carboxylic acids is 1. The molecule has 0 aliphatic rings. The Kier molecular flexibility index (Phi) is 3.27. The third kappa shape index (κ3) is 2.61. The lowest BCUT2D eigenvalue weighted by Gasteiger charge is -1.96. The van der Waals surface area contributed by atoms with Crippen molar-refractivity contribution in [2.75, 3.05) is 0 Å². The zero-order chi connectivity index (χ0) is 10.6. The maximum Gasteiger partial charge on any atom is 0.339 e. The Bertz CT molecular complexity index is 396. The Balaban J connectivity index is 3.13. The molecule has 0 spiro atoms. The fraction of sp³-hybridized carbons (Fsp3) is 0.167. The first-order chi connectivity index (χ1) is 6.61. The molecule has 2 nitrogen and oxygen atoms in total. The van der Waals surface area contributed by atoms with Crippen LogP contribution in [0.4, 0.5) is 0 Å². The van der Waals surface area contributed by atoms with Gasteiger partial charge in [-0.15, -0.1) is 5.73 Å². The van der Waals surface area contributed by atoms with Crippen molar-refractivity contribution < 1.29 is 9.90 Å². The van der Waals surface area contributed by atoms with Crippen LogP contribution < -0.4 is 0 Å². The van der Waals surface area contributed by atoms with Crippen LogP contribution in [-0.2, 0) is 4.79 Å². The highest BCUT2D eigenvalue weighted by Gasteiger charge is 1.98. The summed E-state index contributed by atoms with van der Waals surface area (Å²) in [4.78, 5) is 10.6. The summed E-state index contributed by atoms with van der Waals surface area (Å²) in [6, 6.07) is 9.60. The summed E-state index contributed by atoms with van der Waals surface area (Å²) >= 11 is 0. The molecule has 1 N–H and O–H groups in total. The summed E-state index contributed by atoms with van der Waals surface area (Å²) in [6.45, 7) is 3.39. The van der Waals surface area contributed by atoms with Crippen molar-refractivity contribution in [3.63, 3.8) is 0 Å². The van der Waals surface area contributed by atoms with Crippen LogP contribution in [0.2, 0.25) is 0 Å². The van der Waals surface area contributed by atoms with Crippen molar-refractivity contribution in [3.8, 4) is 0 Å². The smallest absolute Gasteiger partial charge is 0.339 e. The summed E-state index contributed by atoms with van der Waals surface area (Å²) in [5.41, 5.74) is 4.89. The molecule has 0 aliphatic carbocycles. The number of hydrogen-bond donors (Lipinski definition) is 1. The summed E-state index contributed by atoms with van der Waals surface area (Å²) in [5, 5.41) is 8.66. The normalized spacial score (nSPS) is 9.00. The van der Waals surface area contributed by atoms with E-state index in [2.05, 4.69) is 5.73 Å². The van der Waals surface area contributed by atoms with Gasteiger partial charge in [0.2, 0.25) is 0 Å². The van der Waals surface area contributed by atoms with Gasteiger partial charge in [-0.3, -0.25) is 0 Å². The van der Waals surface area contributed by atoms with Gasteiger partial charge in [0.05, 0.1) is 5.57 Å². The highest BCUT2D eigenvalue weighted by molar-refractivity contribution is 5.87. The molecule has 0 unspecified atom stereocenters. The maximum atomic E-state index is 10.6. The highest BCUT2D eigenvalue weighted by atomic mass is 16.4. The van der Waals surface area contributed by atoms with E-state index in [1.807, 2.05) is 37.3 Å². The highest BCUT2D eigenvalue weighted by Crippen LogP contribution is 2.11. The van der Waals surface area contributed by atoms with E-state index in [0.717, 1.165) is 11.1 Å². The lowest BCUT2D eigenvalue weighted by atomic mass is 10.1. The SMILES string of the molecule is CC(=C=C(C)c1ccccc1)C(=O)O. The van der Waals surface area contributed by atoms with Crippen molar-refractivity contribution in [3.05, 3.63) is 47.2 Å². The van der Waals surface area contributed by atoms with Gasteiger partial charge in [0.15, 0.2) is 0 Å². The Labute approximate surface area is 83.2 Å². The van der Waals surface area contributed by atoms with Crippen LogP contribution >= 0.6 is 0 Å². The van der Waals surface area contributed by atoms with E-state index in [4.69, 9.17) is 5.11 Å². The molecule has 14 heavy (non-hydrogen) atoms. The van der Waals surface area contributed by atoms with E-state index in [0.29, 0.717) is 0 Å². The van der Waals surface area contributed by atoms with Crippen LogP contribution in [0.15, 0.2) is 41.6 Å². The average molecular weight is 188 g/mol. The Hall–Kier alpha value is -1.79. The van der Waals surface area contributed by atoms with E-state index >= 15 is 0 Å². The van der Waals surface area contributed by atoms with Crippen molar-refractivity contribution >= 4 is 11.5 Å². The molecule has 0 bridgehead atoms. The summed E-state index contributed by atoms with van der Waals surface area (Å²) < 4.78 is 0. The standard InChI is InChI=1S/C12H12O2/c1-9(8-10(2)12(13)14)11-6-4-3-5-7-11/h3-7H,1-2H3,(H,13,14). The second-order valence-electron chi connectivity index (χ2n) is 3.05. The van der Waals surface area contributed by atoms with Gasteiger partial charge in [-0.2, -0.15) is 0 Å². The van der Waals surface area contributed by atoms with E-state index in [1.165, 1.54) is 6.92 Å². The molecule has 0 fully saturated rings. The van der Waals surface area contributed by atoms with E-state index in [1.54, 1.807) is 0 Å². The number of carbonyl (C=O) groups is 1. The molecule has 0 amide bonds. The molecule has 0 saturated carbocycles. The maximum absolute atomic E-state index is 10.6. The predicted octanol–water partition coefficient (Wildman–Crippen LogP) is 2.72. The van der Waals surface area contributed by atoms with E-state index in [-0.39, 0.29) is 5.57 Å². The second kappa shape index (κ2) is 4.45. The molecule has 0 atom stereocenters. The number of benzene rings is 1. The number of carboxylic acids is 1. The minimum atomic E-state index is -0.930. The average Bonchev–Trinajstić information content (AvgIpc) is 2.19. The first kappa shape index (κ1) is 10.3. The van der Waals surface area contributed by atoms with Gasteiger partial charge in [0.1, 0.15) is 0 Å². The first-order valence-electron chi connectivity index (χ1n) is 4.34. The Morgan fingerprint density at radius 2 is 1.79 bits per heavy atom. The zero-order valence-corrected chi connectivity index (χ0v) is 8.24. The largest absolute Gasteiger partial charge is 0.477 e. The first-order valence-corrected chi connectivity index (χ1v) is 4.34. The van der Waals surface area contributed by atoms with Crippen molar-refractivity contribution in [1.82, 2.24) is 0 Å². The van der Waals surface area contributed by atoms with Crippen LogP contribution in [0.5, 0.6) is 0 Å². The van der Waals surface area contributed by atoms with E-state index < -0.39 is 5.97 Å². The van der Waals surface area contributed by atoms with Gasteiger partial charge >= 0.3 is 5.97 Å². The fourth-order valence-electron chi connectivity index (χ4n) is 1.10. The third-order valence-electron chi connectivity index (χ3n) is 1.90. The molecule has 0 aromatic heterocycles. The summed E-state index contributed by atoms with van der Waals surface area (Å²) in [5.74, 6) is -0.930. The molecular formula is C12H12O2. The van der Waals surface area contributed by atoms with E-state index in [9.17, 15) is 4.79 Å². The number of rotatable bonds is 2. The third-order valence-corrected chi connectivity index (χ3v) is 1.90. The number of hydrogen-bond acceptors (Lipinski definition) is 1. The molecule has 1 aromatic rings. The van der Waals surface area contributed by atoms with Crippen LogP contribution in [0.25, 0.3) is 5.57 Å². The van der Waals surface area contributed by atoms with Gasteiger partial charge in [-0.1, -0.05) is 30.3 Å². The molecule has 1 rings (SSSR count). The summed E-state index contributed by atoms with van der Waals surface area (Å²) in [6.07, 6.45) is 0. The molecule has 1 aromatic carbocycles. The van der Waals surface area contributed by atoms with Gasteiger partial charge in [-0.05, 0) is 25.0 Å². The minimum Gasteiger partial charge on any atom is -0.477 e. The topological polar surface area (TPSA) is 37.3 Å². The minimum absolute atomic E-state index is 0.228.